The number of hydrogen-bond acceptors (Lipinski definition) is 5. The lowest BCUT2D eigenvalue weighted by molar-refractivity contribution is -0.0285. The minimum atomic E-state index is 0.286. The third kappa shape index (κ3) is 3.85. The van der Waals surface area contributed by atoms with Crippen LogP contribution in [0.1, 0.15) is 13.8 Å². The zero-order chi connectivity index (χ0) is 13.0. The summed E-state index contributed by atoms with van der Waals surface area (Å²) >= 11 is 0. The van der Waals surface area contributed by atoms with Gasteiger partial charge in [0.2, 0.25) is 0 Å². The van der Waals surface area contributed by atoms with Crippen molar-refractivity contribution in [3.05, 3.63) is 0 Å². The van der Waals surface area contributed by atoms with E-state index in [2.05, 4.69) is 41.0 Å². The normalized spacial score (nSPS) is 25.7. The van der Waals surface area contributed by atoms with E-state index in [0.29, 0.717) is 0 Å². The highest BCUT2D eigenvalue weighted by Gasteiger charge is 2.22. The lowest BCUT2D eigenvalue weighted by Gasteiger charge is -2.34. The Kier molecular flexibility index (Phi) is 4.83. The lowest BCUT2D eigenvalue weighted by Crippen LogP contribution is -2.49. The predicted molar refractivity (Wildman–Crippen MR) is 74.0 cm³/mol. The van der Waals surface area contributed by atoms with Crippen LogP contribution in [0.25, 0.3) is 0 Å². The standard InChI is InChI=1S/C13H26N4O/c1-11(2)9-17-6-7-18-12(10-17)8-15-13-14-4-5-16(13)3/h11-12H,4-10H2,1-3H3,(H,14,15). The van der Waals surface area contributed by atoms with E-state index >= 15 is 0 Å². The first-order valence-corrected chi connectivity index (χ1v) is 6.98. The summed E-state index contributed by atoms with van der Waals surface area (Å²) in [5.74, 6) is 1.74. The summed E-state index contributed by atoms with van der Waals surface area (Å²) < 4.78 is 5.81. The van der Waals surface area contributed by atoms with Crippen LogP contribution in [0.4, 0.5) is 0 Å². The quantitative estimate of drug-likeness (QED) is 0.780. The molecule has 0 aromatic heterocycles. The van der Waals surface area contributed by atoms with Crippen molar-refractivity contribution in [2.45, 2.75) is 20.0 Å². The second-order valence-corrected chi connectivity index (χ2v) is 5.65. The van der Waals surface area contributed by atoms with Gasteiger partial charge in [-0.15, -0.1) is 0 Å². The molecule has 5 nitrogen and oxygen atoms in total. The molecule has 18 heavy (non-hydrogen) atoms. The molecule has 1 atom stereocenters. The van der Waals surface area contributed by atoms with Crippen LogP contribution >= 0.6 is 0 Å². The second kappa shape index (κ2) is 6.38. The molecule has 2 heterocycles. The van der Waals surface area contributed by atoms with Gasteiger partial charge < -0.3 is 15.0 Å². The molecular formula is C13H26N4O. The maximum atomic E-state index is 5.81. The van der Waals surface area contributed by atoms with Crippen molar-refractivity contribution in [3.8, 4) is 0 Å². The Hall–Kier alpha value is -0.810. The molecular weight excluding hydrogens is 228 g/mol. The van der Waals surface area contributed by atoms with Crippen LogP contribution in [-0.2, 0) is 4.74 Å². The molecule has 1 N–H and O–H groups in total. The van der Waals surface area contributed by atoms with E-state index in [9.17, 15) is 0 Å². The molecule has 0 radical (unpaired) electrons. The zero-order valence-corrected chi connectivity index (χ0v) is 11.9. The van der Waals surface area contributed by atoms with Crippen LogP contribution in [0.3, 0.4) is 0 Å². The van der Waals surface area contributed by atoms with Crippen LogP contribution in [0.5, 0.6) is 0 Å². The van der Waals surface area contributed by atoms with Crippen molar-refractivity contribution in [2.75, 3.05) is 52.9 Å². The number of aliphatic imine (C=N–C) groups is 1. The Morgan fingerprint density at radius 2 is 2.28 bits per heavy atom. The molecule has 5 heteroatoms. The topological polar surface area (TPSA) is 40.1 Å². The molecule has 0 amide bonds. The number of rotatable bonds is 4. The van der Waals surface area contributed by atoms with Crippen molar-refractivity contribution in [1.29, 1.82) is 0 Å². The number of hydrogen-bond donors (Lipinski definition) is 1. The van der Waals surface area contributed by atoms with Gasteiger partial charge in [0, 0.05) is 39.8 Å². The van der Waals surface area contributed by atoms with E-state index in [1.807, 2.05) is 0 Å². The molecule has 0 aromatic rings. The van der Waals surface area contributed by atoms with Crippen LogP contribution in [0.15, 0.2) is 4.99 Å². The summed E-state index contributed by atoms with van der Waals surface area (Å²) in [6.45, 7) is 11.4. The fourth-order valence-electron chi connectivity index (χ4n) is 2.51. The molecule has 104 valence electrons. The van der Waals surface area contributed by atoms with E-state index in [1.54, 1.807) is 0 Å². The van der Waals surface area contributed by atoms with Crippen molar-refractivity contribution in [3.63, 3.8) is 0 Å². The third-order valence-corrected chi connectivity index (χ3v) is 3.39. The molecule has 1 unspecified atom stereocenters. The van der Waals surface area contributed by atoms with Gasteiger partial charge in [-0.25, -0.2) is 0 Å². The molecule has 0 aromatic carbocycles. The summed E-state index contributed by atoms with van der Waals surface area (Å²) in [5.41, 5.74) is 0. The summed E-state index contributed by atoms with van der Waals surface area (Å²) in [5, 5.41) is 3.40. The Bertz CT molecular complexity index is 293. The van der Waals surface area contributed by atoms with Gasteiger partial charge in [-0.05, 0) is 5.92 Å². The van der Waals surface area contributed by atoms with Crippen LogP contribution in [0, 0.1) is 5.92 Å². The van der Waals surface area contributed by atoms with E-state index in [0.717, 1.165) is 51.2 Å². The van der Waals surface area contributed by atoms with Crippen molar-refractivity contribution in [2.24, 2.45) is 10.9 Å². The Morgan fingerprint density at radius 1 is 1.44 bits per heavy atom. The van der Waals surface area contributed by atoms with E-state index in [1.165, 1.54) is 6.54 Å². The number of morpholine rings is 1. The largest absolute Gasteiger partial charge is 0.374 e. The fraction of sp³-hybridized carbons (Fsp3) is 0.923. The Labute approximate surface area is 110 Å². The number of nitrogens with zero attached hydrogens (tertiary/aromatic N) is 3. The lowest BCUT2D eigenvalue weighted by atomic mass is 10.2. The first kappa shape index (κ1) is 13.6. The number of likely N-dealkylation sites (N-methyl/N-ethyl adjacent to an activating group) is 1. The SMILES string of the molecule is CC(C)CN1CCOC(CNC2=NCCN2C)C1. The molecule has 2 aliphatic heterocycles. The fourth-order valence-corrected chi connectivity index (χ4v) is 2.51. The molecule has 0 aliphatic carbocycles. The zero-order valence-electron chi connectivity index (χ0n) is 11.9. The molecule has 2 aliphatic rings. The summed E-state index contributed by atoms with van der Waals surface area (Å²) in [4.78, 5) is 9.09. The number of ether oxygens (including phenoxy) is 1. The summed E-state index contributed by atoms with van der Waals surface area (Å²) in [7, 11) is 2.08. The maximum Gasteiger partial charge on any atom is 0.193 e. The van der Waals surface area contributed by atoms with Crippen molar-refractivity contribution in [1.82, 2.24) is 15.1 Å². The van der Waals surface area contributed by atoms with Gasteiger partial charge in [-0.2, -0.15) is 0 Å². The molecule has 1 fully saturated rings. The van der Waals surface area contributed by atoms with Gasteiger partial charge in [0.25, 0.3) is 0 Å². The smallest absolute Gasteiger partial charge is 0.193 e. The van der Waals surface area contributed by atoms with E-state index < -0.39 is 0 Å². The van der Waals surface area contributed by atoms with Crippen LogP contribution < -0.4 is 5.32 Å². The highest BCUT2D eigenvalue weighted by molar-refractivity contribution is 5.81. The molecule has 1 saturated heterocycles. The van der Waals surface area contributed by atoms with Crippen LogP contribution in [0.2, 0.25) is 0 Å². The summed E-state index contributed by atoms with van der Waals surface area (Å²) in [6.07, 6.45) is 0.286. The molecule has 2 rings (SSSR count). The van der Waals surface area contributed by atoms with Gasteiger partial charge in [-0.1, -0.05) is 13.8 Å². The minimum absolute atomic E-state index is 0.286. The molecule has 0 spiro atoms. The van der Waals surface area contributed by atoms with Gasteiger partial charge in [0.05, 0.1) is 19.3 Å². The van der Waals surface area contributed by atoms with Crippen molar-refractivity contribution >= 4 is 5.96 Å². The average Bonchev–Trinajstić information content (AvgIpc) is 2.72. The van der Waals surface area contributed by atoms with E-state index in [-0.39, 0.29) is 6.10 Å². The van der Waals surface area contributed by atoms with Gasteiger partial charge in [0.15, 0.2) is 5.96 Å². The van der Waals surface area contributed by atoms with Crippen LogP contribution in [-0.4, -0.2) is 74.8 Å². The number of guanidine groups is 1. The highest BCUT2D eigenvalue weighted by atomic mass is 16.5. The third-order valence-electron chi connectivity index (χ3n) is 3.39. The van der Waals surface area contributed by atoms with E-state index in [4.69, 9.17) is 4.74 Å². The molecule has 0 bridgehead atoms. The predicted octanol–water partition coefficient (Wildman–Crippen LogP) is 0.234. The maximum absolute atomic E-state index is 5.81. The first-order chi connectivity index (χ1) is 8.65. The minimum Gasteiger partial charge on any atom is -0.374 e. The second-order valence-electron chi connectivity index (χ2n) is 5.65. The highest BCUT2D eigenvalue weighted by Crippen LogP contribution is 2.07. The molecule has 0 saturated carbocycles. The number of nitrogens with one attached hydrogen (secondary N) is 1. The van der Waals surface area contributed by atoms with Gasteiger partial charge >= 0.3 is 0 Å². The first-order valence-electron chi connectivity index (χ1n) is 6.98. The monoisotopic (exact) mass is 254 g/mol. The average molecular weight is 254 g/mol. The van der Waals surface area contributed by atoms with Gasteiger partial charge in [0.1, 0.15) is 0 Å². The Morgan fingerprint density at radius 3 is 2.94 bits per heavy atom. The van der Waals surface area contributed by atoms with Gasteiger partial charge in [-0.3, -0.25) is 9.89 Å². The Balaban J connectivity index is 1.72. The van der Waals surface area contributed by atoms with Crippen molar-refractivity contribution < 1.29 is 4.74 Å². The summed E-state index contributed by atoms with van der Waals surface area (Å²) in [6, 6.07) is 0.